The van der Waals surface area contributed by atoms with Crippen molar-refractivity contribution in [2.24, 2.45) is 4.99 Å². The van der Waals surface area contributed by atoms with Crippen molar-refractivity contribution in [3.05, 3.63) is 40.2 Å². The van der Waals surface area contributed by atoms with Crippen molar-refractivity contribution in [3.8, 4) is 0 Å². The highest BCUT2D eigenvalue weighted by Gasteiger charge is 2.18. The molecule has 0 amide bonds. The van der Waals surface area contributed by atoms with Gasteiger partial charge in [0, 0.05) is 38.5 Å². The van der Waals surface area contributed by atoms with Crippen LogP contribution in [0, 0.1) is 10.1 Å². The van der Waals surface area contributed by atoms with Gasteiger partial charge in [-0.05, 0) is 11.6 Å². The van der Waals surface area contributed by atoms with Gasteiger partial charge >= 0.3 is 0 Å². The SMILES string of the molecule is CN=C(C[N+](=O)[O-])N(Cc1cccnc1)N(C)C. The van der Waals surface area contributed by atoms with E-state index in [4.69, 9.17) is 0 Å². The summed E-state index contributed by atoms with van der Waals surface area (Å²) in [5.74, 6) is 0.411. The van der Waals surface area contributed by atoms with Crippen LogP contribution < -0.4 is 0 Å². The summed E-state index contributed by atoms with van der Waals surface area (Å²) < 4.78 is 0. The molecular formula is C11H17N5O2. The van der Waals surface area contributed by atoms with E-state index in [0.717, 1.165) is 5.56 Å². The normalized spacial score (nSPS) is 11.7. The Hall–Kier alpha value is -2.02. The molecule has 7 nitrogen and oxygen atoms in total. The van der Waals surface area contributed by atoms with Crippen LogP contribution >= 0.6 is 0 Å². The van der Waals surface area contributed by atoms with Gasteiger partial charge in [-0.1, -0.05) is 6.07 Å². The average Bonchev–Trinajstić information content (AvgIpc) is 2.34. The van der Waals surface area contributed by atoms with Gasteiger partial charge in [0.05, 0.1) is 6.54 Å². The Morgan fingerprint density at radius 3 is 2.72 bits per heavy atom. The number of pyridine rings is 1. The van der Waals surface area contributed by atoms with Crippen LogP contribution in [0.1, 0.15) is 5.56 Å². The van der Waals surface area contributed by atoms with E-state index in [1.165, 1.54) is 0 Å². The lowest BCUT2D eigenvalue weighted by Gasteiger charge is -2.30. The Labute approximate surface area is 106 Å². The predicted octanol–water partition coefficient (Wildman–Crippen LogP) is 0.665. The molecule has 98 valence electrons. The standard InChI is InChI=1S/C11H17N5O2/c1-12-11(9-16(17)18)15(14(2)3)8-10-5-4-6-13-7-10/h4-7H,8-9H2,1-3H3. The van der Waals surface area contributed by atoms with Crippen LogP contribution in [0.4, 0.5) is 0 Å². The number of amidine groups is 1. The molecule has 0 N–H and O–H groups in total. The number of rotatable bonds is 5. The third-order valence-corrected chi connectivity index (χ3v) is 2.36. The quantitative estimate of drug-likeness (QED) is 0.333. The molecule has 1 rings (SSSR count). The minimum absolute atomic E-state index is 0.297. The second-order valence-corrected chi connectivity index (χ2v) is 3.90. The van der Waals surface area contributed by atoms with Gasteiger partial charge in [0.2, 0.25) is 0 Å². The summed E-state index contributed by atoms with van der Waals surface area (Å²) in [5, 5.41) is 14.1. The molecule has 0 radical (unpaired) electrons. The smallest absolute Gasteiger partial charge is 0.261 e. The third-order valence-electron chi connectivity index (χ3n) is 2.36. The lowest BCUT2D eigenvalue weighted by atomic mass is 10.3. The summed E-state index contributed by atoms with van der Waals surface area (Å²) in [5.41, 5.74) is 0.968. The molecule has 0 atom stereocenters. The van der Waals surface area contributed by atoms with Crippen LogP contribution in [-0.4, -0.2) is 53.4 Å². The van der Waals surface area contributed by atoms with E-state index in [2.05, 4.69) is 9.98 Å². The van der Waals surface area contributed by atoms with Gasteiger partial charge in [0.25, 0.3) is 6.54 Å². The lowest BCUT2D eigenvalue weighted by Crippen LogP contribution is -2.44. The molecule has 0 unspecified atom stereocenters. The molecule has 0 aliphatic carbocycles. The molecule has 0 saturated heterocycles. The molecule has 18 heavy (non-hydrogen) atoms. The van der Waals surface area contributed by atoms with Crippen LogP contribution in [0.15, 0.2) is 29.5 Å². The third kappa shape index (κ3) is 4.10. The number of aliphatic imine (C=N–C) groups is 1. The van der Waals surface area contributed by atoms with E-state index in [9.17, 15) is 10.1 Å². The fraction of sp³-hybridized carbons (Fsp3) is 0.455. The van der Waals surface area contributed by atoms with Crippen molar-refractivity contribution in [2.75, 3.05) is 27.7 Å². The van der Waals surface area contributed by atoms with E-state index in [1.807, 2.05) is 26.2 Å². The molecule has 1 heterocycles. The Morgan fingerprint density at radius 2 is 2.28 bits per heavy atom. The van der Waals surface area contributed by atoms with Crippen molar-refractivity contribution in [1.29, 1.82) is 0 Å². The molecule has 0 aromatic carbocycles. The fourth-order valence-electron chi connectivity index (χ4n) is 1.51. The van der Waals surface area contributed by atoms with Crippen molar-refractivity contribution in [3.63, 3.8) is 0 Å². The van der Waals surface area contributed by atoms with Crippen molar-refractivity contribution < 1.29 is 4.92 Å². The summed E-state index contributed by atoms with van der Waals surface area (Å²) in [6.45, 7) is 0.205. The largest absolute Gasteiger partial charge is 0.284 e. The topological polar surface area (TPSA) is 74.9 Å². The first-order chi connectivity index (χ1) is 8.54. The number of nitro groups is 1. The fourth-order valence-corrected chi connectivity index (χ4v) is 1.51. The second kappa shape index (κ2) is 6.65. The molecule has 0 aliphatic rings. The summed E-state index contributed by atoms with van der Waals surface area (Å²) in [6.07, 6.45) is 3.42. The maximum Gasteiger partial charge on any atom is 0.261 e. The number of aromatic nitrogens is 1. The Morgan fingerprint density at radius 1 is 1.56 bits per heavy atom. The highest BCUT2D eigenvalue weighted by Crippen LogP contribution is 2.05. The highest BCUT2D eigenvalue weighted by atomic mass is 16.6. The second-order valence-electron chi connectivity index (χ2n) is 3.90. The van der Waals surface area contributed by atoms with E-state index >= 15 is 0 Å². The van der Waals surface area contributed by atoms with Gasteiger partial charge in [-0.3, -0.25) is 25.1 Å². The zero-order valence-corrected chi connectivity index (χ0v) is 10.8. The van der Waals surface area contributed by atoms with Gasteiger partial charge in [0.1, 0.15) is 0 Å². The predicted molar refractivity (Wildman–Crippen MR) is 68.7 cm³/mol. The first-order valence-electron chi connectivity index (χ1n) is 5.45. The van der Waals surface area contributed by atoms with Gasteiger partial charge in [0.15, 0.2) is 5.84 Å². The van der Waals surface area contributed by atoms with Gasteiger partial charge in [-0.25, -0.2) is 5.01 Å². The van der Waals surface area contributed by atoms with Gasteiger partial charge in [-0.15, -0.1) is 0 Å². The molecule has 7 heteroatoms. The van der Waals surface area contributed by atoms with E-state index < -0.39 is 0 Å². The number of hydrogen-bond donors (Lipinski definition) is 0. The van der Waals surface area contributed by atoms with Gasteiger partial charge in [-0.2, -0.15) is 0 Å². The molecule has 0 aliphatic heterocycles. The van der Waals surface area contributed by atoms with Crippen molar-refractivity contribution >= 4 is 5.84 Å². The zero-order valence-electron chi connectivity index (χ0n) is 10.8. The van der Waals surface area contributed by atoms with Crippen molar-refractivity contribution in [2.45, 2.75) is 6.54 Å². The zero-order chi connectivity index (χ0) is 13.5. The first kappa shape index (κ1) is 14.0. The minimum atomic E-state index is -0.387. The number of hydrogen-bond acceptors (Lipinski definition) is 5. The molecular weight excluding hydrogens is 234 g/mol. The van der Waals surface area contributed by atoms with Crippen LogP contribution in [0.3, 0.4) is 0 Å². The maximum atomic E-state index is 10.6. The van der Waals surface area contributed by atoms with E-state index in [0.29, 0.717) is 12.4 Å². The van der Waals surface area contributed by atoms with Crippen LogP contribution in [0.5, 0.6) is 0 Å². The highest BCUT2D eigenvalue weighted by molar-refractivity contribution is 5.82. The van der Waals surface area contributed by atoms with Gasteiger partial charge < -0.3 is 0 Å². The summed E-state index contributed by atoms with van der Waals surface area (Å²) in [4.78, 5) is 18.2. The molecule has 0 bridgehead atoms. The van der Waals surface area contributed by atoms with Crippen LogP contribution in [0.2, 0.25) is 0 Å². The first-order valence-corrected chi connectivity index (χ1v) is 5.45. The van der Waals surface area contributed by atoms with E-state index in [-0.39, 0.29) is 11.5 Å². The van der Waals surface area contributed by atoms with Crippen LogP contribution in [0.25, 0.3) is 0 Å². The molecule has 1 aromatic heterocycles. The minimum Gasteiger partial charge on any atom is -0.284 e. The Bertz CT molecular complexity index is 419. The monoisotopic (exact) mass is 251 g/mol. The van der Waals surface area contributed by atoms with Crippen LogP contribution in [-0.2, 0) is 6.54 Å². The number of nitrogens with zero attached hydrogens (tertiary/aromatic N) is 5. The summed E-state index contributed by atoms with van der Waals surface area (Å²) >= 11 is 0. The molecule has 1 aromatic rings. The molecule has 0 fully saturated rings. The number of hydrazine groups is 1. The lowest BCUT2D eigenvalue weighted by molar-refractivity contribution is -0.464. The average molecular weight is 251 g/mol. The Kier molecular flexibility index (Phi) is 5.19. The van der Waals surface area contributed by atoms with E-state index in [1.54, 1.807) is 29.5 Å². The summed E-state index contributed by atoms with van der Waals surface area (Å²) in [6, 6.07) is 3.75. The molecule has 0 spiro atoms. The molecule has 0 saturated carbocycles. The van der Waals surface area contributed by atoms with Crippen molar-refractivity contribution in [1.82, 2.24) is 15.0 Å². The Balaban J connectivity index is 2.85. The summed E-state index contributed by atoms with van der Waals surface area (Å²) in [7, 11) is 5.20. The maximum absolute atomic E-state index is 10.6.